The van der Waals surface area contributed by atoms with Gasteiger partial charge in [-0.3, -0.25) is 0 Å². The molecule has 1 aromatic heterocycles. The zero-order chi connectivity index (χ0) is 12.9. The Labute approximate surface area is 106 Å². The predicted molar refractivity (Wildman–Crippen MR) is 69.5 cm³/mol. The van der Waals surface area contributed by atoms with Crippen LogP contribution >= 0.6 is 11.8 Å². The second-order valence-electron chi connectivity index (χ2n) is 3.82. The molecule has 1 unspecified atom stereocenters. The third kappa shape index (κ3) is 4.34. The summed E-state index contributed by atoms with van der Waals surface area (Å²) >= 11 is 1.69. The van der Waals surface area contributed by atoms with Gasteiger partial charge in [0.15, 0.2) is 0 Å². The molecule has 1 atom stereocenters. The molecule has 0 aliphatic rings. The van der Waals surface area contributed by atoms with Gasteiger partial charge in [0.2, 0.25) is 10.0 Å². The van der Waals surface area contributed by atoms with Crippen LogP contribution in [0.15, 0.2) is 17.2 Å². The molecule has 1 rings (SSSR count). The van der Waals surface area contributed by atoms with Gasteiger partial charge >= 0.3 is 0 Å². The highest BCUT2D eigenvalue weighted by Gasteiger charge is 2.18. The monoisotopic (exact) mass is 278 g/mol. The van der Waals surface area contributed by atoms with Gasteiger partial charge in [-0.25, -0.2) is 13.1 Å². The highest BCUT2D eigenvalue weighted by atomic mass is 32.2. The minimum Gasteiger partial charge on any atom is -0.390 e. The average molecular weight is 278 g/mol. The lowest BCUT2D eigenvalue weighted by Crippen LogP contribution is -2.32. The fourth-order valence-corrected chi connectivity index (χ4v) is 3.24. The summed E-state index contributed by atoms with van der Waals surface area (Å²) in [4.78, 5) is 2.87. The van der Waals surface area contributed by atoms with E-state index in [1.54, 1.807) is 11.8 Å². The SMILES string of the molecule is CSCCC(C)NS(=O)(=O)c1c[nH]c(CO)c1. The lowest BCUT2D eigenvalue weighted by molar-refractivity contribution is 0.277. The van der Waals surface area contributed by atoms with Crippen molar-refractivity contribution in [2.45, 2.75) is 30.9 Å². The second kappa shape index (κ2) is 6.44. The van der Waals surface area contributed by atoms with Crippen molar-refractivity contribution in [3.05, 3.63) is 18.0 Å². The topological polar surface area (TPSA) is 82.2 Å². The summed E-state index contributed by atoms with van der Waals surface area (Å²) in [5.74, 6) is 0.915. The largest absolute Gasteiger partial charge is 0.390 e. The van der Waals surface area contributed by atoms with Gasteiger partial charge in [0.25, 0.3) is 0 Å². The van der Waals surface area contributed by atoms with Crippen LogP contribution in [0.25, 0.3) is 0 Å². The molecule has 0 amide bonds. The Morgan fingerprint density at radius 3 is 2.82 bits per heavy atom. The molecule has 0 spiro atoms. The van der Waals surface area contributed by atoms with Crippen molar-refractivity contribution in [3.63, 3.8) is 0 Å². The fourth-order valence-electron chi connectivity index (χ4n) is 1.35. The van der Waals surface area contributed by atoms with Crippen LogP contribution in [0.1, 0.15) is 19.0 Å². The van der Waals surface area contributed by atoms with Crippen molar-refractivity contribution in [2.75, 3.05) is 12.0 Å². The zero-order valence-electron chi connectivity index (χ0n) is 9.93. The molecule has 0 saturated carbocycles. The van der Waals surface area contributed by atoms with E-state index >= 15 is 0 Å². The molecule has 0 aromatic carbocycles. The summed E-state index contributed by atoms with van der Waals surface area (Å²) < 4.78 is 26.4. The second-order valence-corrected chi connectivity index (χ2v) is 6.52. The summed E-state index contributed by atoms with van der Waals surface area (Å²) in [6.45, 7) is 1.64. The van der Waals surface area contributed by atoms with Gasteiger partial charge in [-0.2, -0.15) is 11.8 Å². The number of H-pyrrole nitrogens is 1. The first-order chi connectivity index (χ1) is 7.99. The van der Waals surface area contributed by atoms with E-state index in [9.17, 15) is 8.42 Å². The molecule has 98 valence electrons. The first-order valence-electron chi connectivity index (χ1n) is 5.29. The third-order valence-corrected chi connectivity index (χ3v) is 4.52. The van der Waals surface area contributed by atoms with Gasteiger partial charge in [-0.15, -0.1) is 0 Å². The quantitative estimate of drug-likeness (QED) is 0.693. The van der Waals surface area contributed by atoms with Crippen molar-refractivity contribution in [1.82, 2.24) is 9.71 Å². The molecule has 1 aromatic rings. The van der Waals surface area contributed by atoms with E-state index in [4.69, 9.17) is 5.11 Å². The Hall–Kier alpha value is -0.500. The normalized spacial score (nSPS) is 13.8. The number of aromatic amines is 1. The minimum atomic E-state index is -3.48. The lowest BCUT2D eigenvalue weighted by Gasteiger charge is -2.12. The van der Waals surface area contributed by atoms with E-state index in [1.165, 1.54) is 12.3 Å². The zero-order valence-corrected chi connectivity index (χ0v) is 11.6. The number of hydrogen-bond donors (Lipinski definition) is 3. The number of sulfonamides is 1. The smallest absolute Gasteiger partial charge is 0.242 e. The molecule has 7 heteroatoms. The molecule has 0 radical (unpaired) electrons. The number of aliphatic hydroxyl groups is 1. The van der Waals surface area contributed by atoms with Gasteiger partial charge in [0.05, 0.1) is 11.5 Å². The number of nitrogens with one attached hydrogen (secondary N) is 2. The summed E-state index contributed by atoms with van der Waals surface area (Å²) in [5.41, 5.74) is 0.488. The summed E-state index contributed by atoms with van der Waals surface area (Å²) in [7, 11) is -3.48. The molecule has 5 nitrogen and oxygen atoms in total. The van der Waals surface area contributed by atoms with Gasteiger partial charge in [-0.05, 0) is 31.4 Å². The molecule has 17 heavy (non-hydrogen) atoms. The van der Waals surface area contributed by atoms with Gasteiger partial charge < -0.3 is 10.1 Å². The maximum Gasteiger partial charge on any atom is 0.242 e. The first kappa shape index (κ1) is 14.6. The fraction of sp³-hybridized carbons (Fsp3) is 0.600. The first-order valence-corrected chi connectivity index (χ1v) is 8.16. The van der Waals surface area contributed by atoms with E-state index in [-0.39, 0.29) is 17.5 Å². The van der Waals surface area contributed by atoms with Crippen molar-refractivity contribution < 1.29 is 13.5 Å². The van der Waals surface area contributed by atoms with E-state index in [2.05, 4.69) is 9.71 Å². The Kier molecular flexibility index (Phi) is 5.51. The number of hydrogen-bond acceptors (Lipinski definition) is 4. The Morgan fingerprint density at radius 1 is 1.59 bits per heavy atom. The number of aromatic nitrogens is 1. The Morgan fingerprint density at radius 2 is 2.29 bits per heavy atom. The third-order valence-electron chi connectivity index (χ3n) is 2.31. The Balaban J connectivity index is 2.68. The van der Waals surface area contributed by atoms with Crippen LogP contribution < -0.4 is 4.72 Å². The maximum absolute atomic E-state index is 11.9. The minimum absolute atomic E-state index is 0.0973. The molecule has 0 aliphatic heterocycles. The molecule has 0 saturated heterocycles. The molecule has 3 N–H and O–H groups in total. The Bertz CT molecular complexity index is 442. The van der Waals surface area contributed by atoms with Crippen molar-refractivity contribution in [1.29, 1.82) is 0 Å². The van der Waals surface area contributed by atoms with Crippen LogP contribution in [0.3, 0.4) is 0 Å². The van der Waals surface area contributed by atoms with E-state index < -0.39 is 10.0 Å². The van der Waals surface area contributed by atoms with Crippen LogP contribution in [0.2, 0.25) is 0 Å². The van der Waals surface area contributed by atoms with Crippen LogP contribution in [-0.2, 0) is 16.6 Å². The van der Waals surface area contributed by atoms with Crippen molar-refractivity contribution in [2.24, 2.45) is 0 Å². The molecule has 0 aliphatic carbocycles. The highest BCUT2D eigenvalue weighted by Crippen LogP contribution is 2.12. The van der Waals surface area contributed by atoms with Crippen LogP contribution in [-0.4, -0.2) is 36.6 Å². The molecule has 0 fully saturated rings. The van der Waals surface area contributed by atoms with E-state index in [0.717, 1.165) is 12.2 Å². The van der Waals surface area contributed by atoms with Gasteiger partial charge in [0, 0.05) is 17.9 Å². The van der Waals surface area contributed by atoms with Gasteiger partial charge in [0.1, 0.15) is 0 Å². The highest BCUT2D eigenvalue weighted by molar-refractivity contribution is 7.98. The average Bonchev–Trinajstić information content (AvgIpc) is 2.75. The molecule has 0 bridgehead atoms. The number of aliphatic hydroxyl groups excluding tert-OH is 1. The predicted octanol–water partition coefficient (Wildman–Crippen LogP) is 0.927. The maximum atomic E-state index is 11.9. The molecular formula is C10H18N2O3S2. The lowest BCUT2D eigenvalue weighted by atomic mass is 10.3. The summed E-state index contributed by atoms with van der Waals surface area (Å²) in [6, 6.07) is 1.34. The standard InChI is InChI=1S/C10H18N2O3S2/c1-8(3-4-16-2)12-17(14,15)10-5-9(7-13)11-6-10/h5-6,8,11-13H,3-4,7H2,1-2H3. The molecule has 1 heterocycles. The number of rotatable bonds is 7. The van der Waals surface area contributed by atoms with Crippen LogP contribution in [0.4, 0.5) is 0 Å². The van der Waals surface area contributed by atoms with E-state index in [0.29, 0.717) is 5.69 Å². The number of thioether (sulfide) groups is 1. The van der Waals surface area contributed by atoms with Crippen molar-refractivity contribution in [3.8, 4) is 0 Å². The van der Waals surface area contributed by atoms with Crippen LogP contribution in [0, 0.1) is 0 Å². The van der Waals surface area contributed by atoms with E-state index in [1.807, 2.05) is 13.2 Å². The summed E-state index contributed by atoms with van der Waals surface area (Å²) in [6.07, 6.45) is 4.16. The summed E-state index contributed by atoms with van der Waals surface area (Å²) in [5, 5.41) is 8.87. The van der Waals surface area contributed by atoms with Gasteiger partial charge in [-0.1, -0.05) is 0 Å². The van der Waals surface area contributed by atoms with Crippen molar-refractivity contribution >= 4 is 21.8 Å². The van der Waals surface area contributed by atoms with Crippen LogP contribution in [0.5, 0.6) is 0 Å². The molecular weight excluding hydrogens is 260 g/mol.